The second-order valence-corrected chi connectivity index (χ2v) is 6.75. The van der Waals surface area contributed by atoms with Crippen LogP contribution in [0.3, 0.4) is 0 Å². The lowest BCUT2D eigenvalue weighted by Crippen LogP contribution is -1.82. The minimum atomic E-state index is 0.127. The second kappa shape index (κ2) is 8.37. The van der Waals surface area contributed by atoms with Crippen LogP contribution in [-0.2, 0) is 0 Å². The molecule has 0 saturated carbocycles. The molecule has 4 aromatic rings. The summed E-state index contributed by atoms with van der Waals surface area (Å²) in [5, 5.41) is 21.1. The Bertz CT molecular complexity index is 1120. The molecule has 4 rings (SSSR count). The molecule has 136 valence electrons. The van der Waals surface area contributed by atoms with Crippen LogP contribution in [0.15, 0.2) is 99.5 Å². The summed E-state index contributed by atoms with van der Waals surface area (Å²) < 4.78 is 0. The summed E-state index contributed by atoms with van der Waals surface area (Å²) in [6, 6.07) is 24.4. The van der Waals surface area contributed by atoms with Crippen LogP contribution in [0, 0.1) is 0 Å². The Morgan fingerprint density at radius 3 is 2.32 bits per heavy atom. The van der Waals surface area contributed by atoms with Crippen LogP contribution in [0.4, 0.5) is 16.5 Å². The smallest absolute Gasteiger partial charge is 0.209 e. The first-order chi connectivity index (χ1) is 13.8. The number of phenols is 1. The Hall–Kier alpha value is -3.64. The van der Waals surface area contributed by atoms with Crippen molar-refractivity contribution in [3.63, 3.8) is 0 Å². The van der Waals surface area contributed by atoms with Gasteiger partial charge in [0.1, 0.15) is 5.75 Å². The van der Waals surface area contributed by atoms with Crippen molar-refractivity contribution in [2.45, 2.75) is 0 Å². The minimum Gasteiger partial charge on any atom is -0.507 e. The zero-order valence-corrected chi connectivity index (χ0v) is 15.6. The third-order valence-electron chi connectivity index (χ3n) is 3.92. The highest BCUT2D eigenvalue weighted by molar-refractivity contribution is 7.13. The Morgan fingerprint density at radius 2 is 1.54 bits per heavy atom. The average molecular weight is 384 g/mol. The van der Waals surface area contributed by atoms with Crippen LogP contribution >= 0.6 is 11.3 Å². The largest absolute Gasteiger partial charge is 0.507 e. The third-order valence-corrected chi connectivity index (χ3v) is 4.67. The Balaban J connectivity index is 1.53. The molecule has 6 heteroatoms. The molecule has 28 heavy (non-hydrogen) atoms. The summed E-state index contributed by atoms with van der Waals surface area (Å²) in [6.07, 6.45) is 1.59. The zero-order chi connectivity index (χ0) is 19.2. The van der Waals surface area contributed by atoms with Crippen LogP contribution in [0.25, 0.3) is 11.3 Å². The molecule has 0 spiro atoms. The van der Waals surface area contributed by atoms with Gasteiger partial charge in [-0.05, 0) is 30.3 Å². The summed E-state index contributed by atoms with van der Waals surface area (Å²) in [6.45, 7) is 0. The van der Waals surface area contributed by atoms with Crippen LogP contribution < -0.4 is 0 Å². The van der Waals surface area contributed by atoms with Crippen molar-refractivity contribution < 1.29 is 5.11 Å². The second-order valence-electron chi connectivity index (χ2n) is 5.92. The van der Waals surface area contributed by atoms with Crippen LogP contribution in [0.1, 0.15) is 5.56 Å². The number of azo groups is 1. The third kappa shape index (κ3) is 4.36. The van der Waals surface area contributed by atoms with E-state index in [1.165, 1.54) is 11.3 Å². The number of hydrogen-bond acceptors (Lipinski definition) is 6. The van der Waals surface area contributed by atoms with Crippen LogP contribution in [0.2, 0.25) is 0 Å². The van der Waals surface area contributed by atoms with Crippen molar-refractivity contribution in [1.82, 2.24) is 4.98 Å². The van der Waals surface area contributed by atoms with E-state index in [1.807, 2.05) is 66.0 Å². The average Bonchev–Trinajstić information content (AvgIpc) is 3.23. The Kier molecular flexibility index (Phi) is 5.31. The van der Waals surface area contributed by atoms with E-state index in [2.05, 4.69) is 20.2 Å². The molecule has 0 amide bonds. The highest BCUT2D eigenvalue weighted by atomic mass is 32.1. The number of aromatic hydroxyl groups is 1. The lowest BCUT2D eigenvalue weighted by Gasteiger charge is -1.99. The molecule has 0 radical (unpaired) electrons. The normalized spacial score (nSPS) is 11.4. The summed E-state index contributed by atoms with van der Waals surface area (Å²) in [5.41, 5.74) is 3.88. The quantitative estimate of drug-likeness (QED) is 0.308. The van der Waals surface area contributed by atoms with Gasteiger partial charge in [-0.3, -0.25) is 0 Å². The number of nitrogens with zero attached hydrogens (tertiary/aromatic N) is 4. The highest BCUT2D eigenvalue weighted by Crippen LogP contribution is 2.28. The standard InChI is InChI=1S/C22H16N4OS/c27-21-12-11-19(26-25-18-9-5-2-6-10-18)13-17(21)14-23-22-24-20(15-28-22)16-7-3-1-4-8-16/h1-15,27H/b23-14+,26-25?. The number of hydrogen-bond donors (Lipinski definition) is 1. The number of rotatable bonds is 5. The van der Waals surface area contributed by atoms with E-state index >= 15 is 0 Å². The van der Waals surface area contributed by atoms with Gasteiger partial charge in [-0.2, -0.15) is 10.2 Å². The fourth-order valence-electron chi connectivity index (χ4n) is 2.51. The number of benzene rings is 3. The monoisotopic (exact) mass is 384 g/mol. The molecule has 3 aromatic carbocycles. The molecule has 0 aliphatic rings. The number of aromatic nitrogens is 1. The molecule has 0 saturated heterocycles. The van der Waals surface area contributed by atoms with E-state index in [1.54, 1.807) is 24.4 Å². The van der Waals surface area contributed by atoms with E-state index in [0.29, 0.717) is 16.4 Å². The van der Waals surface area contributed by atoms with Gasteiger partial charge >= 0.3 is 0 Å². The van der Waals surface area contributed by atoms with E-state index in [9.17, 15) is 5.11 Å². The summed E-state index contributed by atoms with van der Waals surface area (Å²) in [7, 11) is 0. The molecule has 0 unspecified atom stereocenters. The van der Waals surface area contributed by atoms with Crippen molar-refractivity contribution in [2.24, 2.45) is 15.2 Å². The molecule has 0 aliphatic carbocycles. The van der Waals surface area contributed by atoms with Gasteiger partial charge < -0.3 is 5.11 Å². The Labute approximate surface area is 166 Å². The summed E-state index contributed by atoms with van der Waals surface area (Å²) >= 11 is 1.45. The van der Waals surface area contributed by atoms with Crippen molar-refractivity contribution in [1.29, 1.82) is 0 Å². The molecule has 1 aromatic heterocycles. The molecule has 0 atom stereocenters. The van der Waals surface area contributed by atoms with Gasteiger partial charge in [0.25, 0.3) is 0 Å². The first-order valence-electron chi connectivity index (χ1n) is 8.63. The van der Waals surface area contributed by atoms with Gasteiger partial charge in [-0.1, -0.05) is 48.5 Å². The molecule has 1 heterocycles. The van der Waals surface area contributed by atoms with Crippen LogP contribution in [-0.4, -0.2) is 16.3 Å². The maximum Gasteiger partial charge on any atom is 0.209 e. The van der Waals surface area contributed by atoms with E-state index < -0.39 is 0 Å². The molecular weight excluding hydrogens is 368 g/mol. The zero-order valence-electron chi connectivity index (χ0n) is 14.8. The van der Waals surface area contributed by atoms with E-state index in [-0.39, 0.29) is 5.75 Å². The highest BCUT2D eigenvalue weighted by Gasteiger charge is 2.04. The van der Waals surface area contributed by atoms with Crippen molar-refractivity contribution in [3.8, 4) is 17.0 Å². The SMILES string of the molecule is Oc1ccc(N=Nc2ccccc2)cc1/C=N/c1nc(-c2ccccc2)cs1. The molecule has 0 bridgehead atoms. The predicted octanol–water partition coefficient (Wildman–Crippen LogP) is 6.68. The number of phenolic OH excluding ortho intramolecular Hbond substituents is 1. The van der Waals surface area contributed by atoms with Gasteiger partial charge in [0.15, 0.2) is 0 Å². The molecule has 5 nitrogen and oxygen atoms in total. The van der Waals surface area contributed by atoms with Gasteiger partial charge in [0, 0.05) is 22.7 Å². The number of thiazole rings is 1. The maximum absolute atomic E-state index is 10.1. The fourth-order valence-corrected chi connectivity index (χ4v) is 3.18. The minimum absolute atomic E-state index is 0.127. The van der Waals surface area contributed by atoms with Gasteiger partial charge in [0.2, 0.25) is 5.13 Å². The maximum atomic E-state index is 10.1. The molecule has 0 aliphatic heterocycles. The van der Waals surface area contributed by atoms with Gasteiger partial charge in [0.05, 0.1) is 17.1 Å². The lowest BCUT2D eigenvalue weighted by atomic mass is 10.2. The molecular formula is C22H16N4OS. The van der Waals surface area contributed by atoms with Crippen molar-refractivity contribution in [3.05, 3.63) is 89.8 Å². The first kappa shape index (κ1) is 17.8. The first-order valence-corrected chi connectivity index (χ1v) is 9.51. The van der Waals surface area contributed by atoms with Gasteiger partial charge in [-0.25, -0.2) is 9.98 Å². The number of aliphatic imine (C=N–C) groups is 1. The Morgan fingerprint density at radius 1 is 0.821 bits per heavy atom. The van der Waals surface area contributed by atoms with E-state index in [0.717, 1.165) is 16.9 Å². The predicted molar refractivity (Wildman–Crippen MR) is 114 cm³/mol. The van der Waals surface area contributed by atoms with Crippen molar-refractivity contribution in [2.75, 3.05) is 0 Å². The van der Waals surface area contributed by atoms with Crippen molar-refractivity contribution >= 4 is 34.1 Å². The summed E-state index contributed by atoms with van der Waals surface area (Å²) in [4.78, 5) is 8.91. The topological polar surface area (TPSA) is 70.2 Å². The van der Waals surface area contributed by atoms with Gasteiger partial charge in [-0.15, -0.1) is 11.3 Å². The summed E-state index contributed by atoms with van der Waals surface area (Å²) in [5.74, 6) is 0.127. The molecule has 0 fully saturated rings. The lowest BCUT2D eigenvalue weighted by molar-refractivity contribution is 0.474. The fraction of sp³-hybridized carbons (Fsp3) is 0. The van der Waals surface area contributed by atoms with E-state index in [4.69, 9.17) is 0 Å². The molecule has 1 N–H and O–H groups in total. The van der Waals surface area contributed by atoms with Crippen LogP contribution in [0.5, 0.6) is 5.75 Å².